The van der Waals surface area contributed by atoms with Crippen molar-refractivity contribution in [2.45, 2.75) is 93.1 Å². The number of carbonyl (C=O) groups is 4. The summed E-state index contributed by atoms with van der Waals surface area (Å²) in [6, 6.07) is 16.9. The van der Waals surface area contributed by atoms with E-state index in [2.05, 4.69) is 70.7 Å². The summed E-state index contributed by atoms with van der Waals surface area (Å²) in [7, 11) is 1.41. The van der Waals surface area contributed by atoms with E-state index in [-0.39, 0.29) is 60.7 Å². The van der Waals surface area contributed by atoms with Crippen LogP contribution in [0.2, 0.25) is 5.02 Å². The topological polar surface area (TPSA) is 173 Å². The number of piperazine rings is 1. The number of nitrogens with zero attached hydrogens (tertiary/aromatic N) is 5. The van der Waals surface area contributed by atoms with Crippen LogP contribution in [0.4, 0.5) is 11.6 Å². The summed E-state index contributed by atoms with van der Waals surface area (Å²) >= 11 is 16.7. The van der Waals surface area contributed by atoms with Crippen molar-refractivity contribution < 1.29 is 42.8 Å². The van der Waals surface area contributed by atoms with E-state index in [0.717, 1.165) is 61.5 Å². The predicted molar refractivity (Wildman–Crippen MR) is 294 cm³/mol. The van der Waals surface area contributed by atoms with Gasteiger partial charge in [0, 0.05) is 98.2 Å². The number of nitrogens with one attached hydrogen (secondary N) is 2. The Balaban J connectivity index is 0.000000937. The molecular weight excluding hydrogens is 990 g/mol. The number of alkyl halides is 1. The Hall–Kier alpha value is -5.07. The Bertz CT molecular complexity index is 2460. The number of benzene rings is 3. The summed E-state index contributed by atoms with van der Waals surface area (Å²) in [5.74, 6) is 1.62. The number of hydrogen-bond donors (Lipinski definition) is 4. The van der Waals surface area contributed by atoms with Gasteiger partial charge in [0.1, 0.15) is 44.6 Å². The lowest BCUT2D eigenvalue weighted by Crippen LogP contribution is -2.47. The lowest BCUT2D eigenvalue weighted by Gasteiger charge is -2.36. The number of carbonyl (C=O) groups excluding carboxylic acids is 4. The van der Waals surface area contributed by atoms with E-state index < -0.39 is 9.58 Å². The SMILES string of the molecule is C=C(C)C(C)CCC(=O)CC.CCC(C)C(=O)c1cc(N2CCN(CCOCCNC(=O)c3cc(C(C)(C)c4ccc(OCc5cnc(N[N+](C)(O)S)nc5)cc4)cc(Cl)c3OCCCl)CC2)ccc1C(C)=O. The number of rotatable bonds is 27. The van der Waals surface area contributed by atoms with Crippen LogP contribution in [0.15, 0.2) is 79.1 Å². The van der Waals surface area contributed by atoms with Crippen molar-refractivity contribution in [3.8, 4) is 11.5 Å². The van der Waals surface area contributed by atoms with Crippen LogP contribution in [-0.2, 0) is 21.6 Å². The third-order valence-corrected chi connectivity index (χ3v) is 13.5. The number of Topliss-reactive ketones (excluding diaryl/α,β-unsaturated/α-hetero) is 3. The van der Waals surface area contributed by atoms with Crippen molar-refractivity contribution in [3.63, 3.8) is 0 Å². The minimum absolute atomic E-state index is 0.00596. The number of allylic oxidation sites excluding steroid dienone is 1. The number of anilines is 2. The van der Waals surface area contributed by atoms with Crippen molar-refractivity contribution in [3.05, 3.63) is 118 Å². The fourth-order valence-corrected chi connectivity index (χ4v) is 8.18. The Morgan fingerprint density at radius 1 is 0.890 bits per heavy atom. The monoisotopic (exact) mass is 1060 g/mol. The van der Waals surface area contributed by atoms with Gasteiger partial charge in [-0.25, -0.2) is 9.97 Å². The van der Waals surface area contributed by atoms with Crippen molar-refractivity contribution in [2.75, 3.05) is 82.3 Å². The molecule has 1 saturated heterocycles. The van der Waals surface area contributed by atoms with Gasteiger partial charge in [-0.05, 0) is 90.4 Å². The van der Waals surface area contributed by atoms with Gasteiger partial charge in [-0.1, -0.05) is 77.4 Å². The number of ketones is 3. The highest BCUT2D eigenvalue weighted by atomic mass is 35.5. The van der Waals surface area contributed by atoms with Crippen LogP contribution < -0.4 is 25.1 Å². The lowest BCUT2D eigenvalue weighted by atomic mass is 9.77. The maximum absolute atomic E-state index is 13.7. The van der Waals surface area contributed by atoms with E-state index in [0.29, 0.717) is 71.6 Å². The van der Waals surface area contributed by atoms with Gasteiger partial charge in [0.2, 0.25) is 0 Å². The summed E-state index contributed by atoms with van der Waals surface area (Å²) in [6.07, 6.45) is 6.26. The molecule has 5 rings (SSSR count). The molecule has 1 fully saturated rings. The molecule has 1 aliphatic heterocycles. The molecule has 0 saturated carbocycles. The van der Waals surface area contributed by atoms with Gasteiger partial charge < -0.3 is 24.4 Å². The normalized spacial score (nSPS) is 14.5. The van der Waals surface area contributed by atoms with Gasteiger partial charge in [-0.3, -0.25) is 24.1 Å². The van der Waals surface area contributed by atoms with E-state index in [4.69, 9.17) is 37.4 Å². The molecular formula is C55H76Cl2N7O8S+. The molecule has 1 amide bonds. The zero-order valence-corrected chi connectivity index (χ0v) is 46.5. The smallest absolute Gasteiger partial charge is 0.273 e. The number of halogens is 2. The Labute approximate surface area is 448 Å². The van der Waals surface area contributed by atoms with Gasteiger partial charge in [0.05, 0.1) is 29.7 Å². The summed E-state index contributed by atoms with van der Waals surface area (Å²) < 4.78 is 17.0. The third kappa shape index (κ3) is 19.0. The first kappa shape index (κ1) is 60.5. The van der Waals surface area contributed by atoms with Crippen molar-refractivity contribution in [1.82, 2.24) is 20.2 Å². The van der Waals surface area contributed by atoms with E-state index in [9.17, 15) is 24.4 Å². The maximum Gasteiger partial charge on any atom is 0.273 e. The molecule has 18 heteroatoms. The number of hydrogen-bond acceptors (Lipinski definition) is 14. The Morgan fingerprint density at radius 3 is 2.15 bits per heavy atom. The van der Waals surface area contributed by atoms with Gasteiger partial charge in [0.25, 0.3) is 11.9 Å². The Morgan fingerprint density at radius 2 is 1.56 bits per heavy atom. The second kappa shape index (κ2) is 29.1. The molecule has 3 N–H and O–H groups in total. The molecule has 2 heterocycles. The highest BCUT2D eigenvalue weighted by Crippen LogP contribution is 2.39. The van der Waals surface area contributed by atoms with Crippen LogP contribution in [0.25, 0.3) is 0 Å². The average Bonchev–Trinajstić information content (AvgIpc) is 3.37. The molecule has 73 heavy (non-hydrogen) atoms. The van der Waals surface area contributed by atoms with Gasteiger partial charge >= 0.3 is 0 Å². The van der Waals surface area contributed by atoms with Gasteiger partial charge in [-0.15, -0.1) is 11.6 Å². The minimum Gasteiger partial charge on any atom is -0.490 e. The minimum atomic E-state index is -0.807. The summed E-state index contributed by atoms with van der Waals surface area (Å²) in [5.41, 5.74) is 7.99. The van der Waals surface area contributed by atoms with Crippen molar-refractivity contribution in [1.29, 1.82) is 0 Å². The molecule has 1 aliphatic rings. The van der Waals surface area contributed by atoms with Crippen molar-refractivity contribution in [2.24, 2.45) is 11.8 Å². The van der Waals surface area contributed by atoms with E-state index in [1.165, 1.54) is 19.5 Å². The first-order valence-electron chi connectivity index (χ1n) is 24.9. The maximum atomic E-state index is 13.7. The number of quaternary nitrogens is 1. The fraction of sp³-hybridized carbons (Fsp3) is 0.491. The van der Waals surface area contributed by atoms with E-state index in [1.807, 2.05) is 76.2 Å². The molecule has 15 nitrogen and oxygen atoms in total. The molecule has 0 bridgehead atoms. The molecule has 0 radical (unpaired) electrons. The molecule has 3 aromatic carbocycles. The number of amides is 1. The second-order valence-electron chi connectivity index (χ2n) is 19.1. The van der Waals surface area contributed by atoms with Gasteiger partial charge in [0.15, 0.2) is 17.3 Å². The number of thiol groups is 1. The number of hydroxylamine groups is 1. The Kier molecular flexibility index (Phi) is 24.1. The zero-order chi connectivity index (χ0) is 53.9. The first-order chi connectivity index (χ1) is 34.6. The largest absolute Gasteiger partial charge is 0.490 e. The molecule has 3 unspecified atom stereocenters. The summed E-state index contributed by atoms with van der Waals surface area (Å²) in [4.78, 5) is 62.9. The van der Waals surface area contributed by atoms with E-state index in [1.54, 1.807) is 18.5 Å². The molecule has 3 atom stereocenters. The molecule has 1 aromatic heterocycles. The second-order valence-corrected chi connectivity index (χ2v) is 20.6. The van der Waals surface area contributed by atoms with Crippen molar-refractivity contribution >= 4 is 70.9 Å². The predicted octanol–water partition coefficient (Wildman–Crippen LogP) is 10.6. The molecule has 398 valence electrons. The standard InChI is InChI=1S/C45H57Cl2N7O7S.C10H18O/c1-7-30(2)41(56)38-26-35(10-13-37(38)31(3)55)53-18-16-52(17-19-53)20-23-59-22-15-48-43(57)39-24-34(25-40(47)42(39)60-21-14-46)45(4,5)33-8-11-36(12-9-33)61-29-32-27-49-44(50-28-32)51-54(6,58)62;1-5-10(11)7-6-9(4)8(2)3/h8-13,24-28,30,58,62H,7,14-23,29H2,1-6H3,(H-,48,49,50,51,57);9H,2,5-7H2,1,3-4H3/p+1. The highest BCUT2D eigenvalue weighted by molar-refractivity contribution is 7.74. The molecule has 0 spiro atoms. The lowest BCUT2D eigenvalue weighted by molar-refractivity contribution is -0.955. The van der Waals surface area contributed by atoms with Crippen LogP contribution in [0.1, 0.15) is 129 Å². The van der Waals surface area contributed by atoms with Crippen LogP contribution >= 0.6 is 36.0 Å². The average molecular weight is 1070 g/mol. The quantitative estimate of drug-likeness (QED) is 0.00846. The molecule has 0 aliphatic carbocycles. The first-order valence-corrected chi connectivity index (χ1v) is 26.3. The summed E-state index contributed by atoms with van der Waals surface area (Å²) in [5, 5.41) is 13.0. The third-order valence-electron chi connectivity index (χ3n) is 13.0. The summed E-state index contributed by atoms with van der Waals surface area (Å²) in [6.45, 7) is 24.9. The molecule has 4 aromatic rings. The zero-order valence-electron chi connectivity index (χ0n) is 44.1. The van der Waals surface area contributed by atoms with Crippen LogP contribution in [0.3, 0.4) is 0 Å². The number of ether oxygens (including phenoxy) is 3. The van der Waals surface area contributed by atoms with Crippen LogP contribution in [-0.4, -0.2) is 120 Å². The fourth-order valence-electron chi connectivity index (χ4n) is 7.74. The van der Waals surface area contributed by atoms with E-state index >= 15 is 0 Å². The highest BCUT2D eigenvalue weighted by Gasteiger charge is 2.28. The number of aromatic nitrogens is 2. The van der Waals surface area contributed by atoms with Crippen LogP contribution in [0, 0.1) is 11.8 Å². The van der Waals surface area contributed by atoms with Gasteiger partial charge in [-0.2, -0.15) is 10.6 Å². The van der Waals surface area contributed by atoms with Crippen LogP contribution in [0.5, 0.6) is 11.5 Å².